The number of allylic oxidation sites excluding steroid dienone is 2. The van der Waals surface area contributed by atoms with E-state index in [0.29, 0.717) is 36.8 Å². The van der Waals surface area contributed by atoms with Gasteiger partial charge in [-0.05, 0) is 66.2 Å². The van der Waals surface area contributed by atoms with Crippen LogP contribution in [0.1, 0.15) is 79.1 Å². The van der Waals surface area contributed by atoms with Crippen molar-refractivity contribution >= 4 is 11.9 Å². The molecule has 2 saturated carbocycles. The van der Waals surface area contributed by atoms with E-state index in [1.165, 1.54) is 13.8 Å². The summed E-state index contributed by atoms with van der Waals surface area (Å²) >= 11 is 0. The van der Waals surface area contributed by atoms with Crippen LogP contribution in [0.25, 0.3) is 0 Å². The van der Waals surface area contributed by atoms with Crippen molar-refractivity contribution in [3.8, 4) is 0 Å². The summed E-state index contributed by atoms with van der Waals surface area (Å²) in [7, 11) is 0. The lowest BCUT2D eigenvalue weighted by Crippen LogP contribution is -2.59. The summed E-state index contributed by atoms with van der Waals surface area (Å²) in [5.74, 6) is -5.70. The fraction of sp³-hybridized carbons (Fsp3) is 0.769. The Morgan fingerprint density at radius 2 is 1.05 bits per heavy atom. The van der Waals surface area contributed by atoms with Crippen molar-refractivity contribution in [3.63, 3.8) is 0 Å². The van der Waals surface area contributed by atoms with Gasteiger partial charge in [0.25, 0.3) is 11.2 Å². The number of carbonyl (C=O) groups is 2. The number of alkyl halides is 6. The number of halogens is 6. The minimum Gasteiger partial charge on any atom is -0.464 e. The van der Waals surface area contributed by atoms with Gasteiger partial charge in [0.05, 0.1) is 13.2 Å². The van der Waals surface area contributed by atoms with Crippen LogP contribution in [0.5, 0.6) is 0 Å². The standard InChI is InChI=1S/2C13H19F3O3/c2*1-3-9-7-5-6-8-10(9)12(18,13(14,15)16)11(17)19-4-2/h2*3,10,18H,4-8H2,1-2H3/b2*9-3+/t2*10-,12-/m00/s1. The Bertz CT molecular complexity index is 795. The van der Waals surface area contributed by atoms with Gasteiger partial charge >= 0.3 is 24.3 Å². The molecule has 0 aromatic carbocycles. The largest absolute Gasteiger partial charge is 0.464 e. The Hall–Kier alpha value is -2.08. The highest BCUT2D eigenvalue weighted by Crippen LogP contribution is 2.47. The molecule has 2 fully saturated rings. The molecule has 0 radical (unpaired) electrons. The lowest BCUT2D eigenvalue weighted by atomic mass is 9.73. The molecule has 0 bridgehead atoms. The summed E-state index contributed by atoms with van der Waals surface area (Å²) in [4.78, 5) is 23.3. The highest BCUT2D eigenvalue weighted by Gasteiger charge is 2.66. The van der Waals surface area contributed by atoms with E-state index in [2.05, 4.69) is 9.47 Å². The zero-order valence-electron chi connectivity index (χ0n) is 22.2. The molecular formula is C26H38F6O6. The molecule has 0 amide bonds. The van der Waals surface area contributed by atoms with Crippen molar-refractivity contribution in [2.45, 2.75) is 103 Å². The summed E-state index contributed by atoms with van der Waals surface area (Å²) in [6.07, 6.45) is -3.12. The number of rotatable bonds is 6. The quantitative estimate of drug-likeness (QED) is 0.237. The van der Waals surface area contributed by atoms with Gasteiger partial charge in [0.1, 0.15) is 0 Å². The van der Waals surface area contributed by atoms with Crippen molar-refractivity contribution in [3.05, 3.63) is 23.3 Å². The van der Waals surface area contributed by atoms with Gasteiger partial charge < -0.3 is 19.7 Å². The van der Waals surface area contributed by atoms with E-state index in [1.54, 1.807) is 26.0 Å². The van der Waals surface area contributed by atoms with Crippen molar-refractivity contribution in [2.24, 2.45) is 11.8 Å². The molecule has 12 heteroatoms. The van der Waals surface area contributed by atoms with Gasteiger partial charge in [0, 0.05) is 11.8 Å². The first-order chi connectivity index (χ1) is 17.6. The summed E-state index contributed by atoms with van der Waals surface area (Å²) in [6.45, 7) is 5.66. The summed E-state index contributed by atoms with van der Waals surface area (Å²) in [5.41, 5.74) is -5.94. The smallest absolute Gasteiger partial charge is 0.428 e. The molecule has 4 atom stereocenters. The van der Waals surface area contributed by atoms with Crippen LogP contribution in [0.4, 0.5) is 26.3 Å². The Kier molecular flexibility index (Phi) is 12.3. The minimum absolute atomic E-state index is 0.133. The minimum atomic E-state index is -5.05. The average molecular weight is 561 g/mol. The third kappa shape index (κ3) is 7.11. The summed E-state index contributed by atoms with van der Waals surface area (Å²) in [5, 5.41) is 20.1. The van der Waals surface area contributed by atoms with Gasteiger partial charge in [-0.2, -0.15) is 26.3 Å². The van der Waals surface area contributed by atoms with E-state index >= 15 is 0 Å². The SMILES string of the molecule is C/C=C1\CCCC[C@@H]1[C@](O)(C(=O)OCC)C(F)(F)F.C/C=C1\CCCC[C@@H]1[C@](O)(C(=O)OCC)C(F)(F)F. The molecule has 2 aliphatic rings. The topological polar surface area (TPSA) is 93.1 Å². The van der Waals surface area contributed by atoms with E-state index < -0.39 is 47.3 Å². The number of ether oxygens (including phenoxy) is 2. The van der Waals surface area contributed by atoms with Crippen LogP contribution in [0.2, 0.25) is 0 Å². The predicted octanol–water partition coefficient (Wildman–Crippen LogP) is 5.96. The van der Waals surface area contributed by atoms with E-state index in [4.69, 9.17) is 0 Å². The third-order valence-electron chi connectivity index (χ3n) is 7.10. The fourth-order valence-electron chi connectivity index (χ4n) is 5.11. The molecule has 0 heterocycles. The molecule has 6 nitrogen and oxygen atoms in total. The van der Waals surface area contributed by atoms with Crippen molar-refractivity contribution in [1.82, 2.24) is 0 Å². The molecule has 0 aromatic heterocycles. The van der Waals surface area contributed by atoms with E-state index in [-0.39, 0.29) is 26.1 Å². The molecule has 0 aliphatic heterocycles. The van der Waals surface area contributed by atoms with Crippen LogP contribution in [-0.2, 0) is 19.1 Å². The van der Waals surface area contributed by atoms with Crippen molar-refractivity contribution in [2.75, 3.05) is 13.2 Å². The Morgan fingerprint density at radius 3 is 1.29 bits per heavy atom. The van der Waals surface area contributed by atoms with Gasteiger partial charge in [-0.1, -0.05) is 36.1 Å². The predicted molar refractivity (Wildman–Crippen MR) is 127 cm³/mol. The first-order valence-corrected chi connectivity index (χ1v) is 12.8. The molecule has 220 valence electrons. The van der Waals surface area contributed by atoms with Gasteiger partial charge in [-0.3, -0.25) is 0 Å². The maximum absolute atomic E-state index is 13.2. The first-order valence-electron chi connectivity index (χ1n) is 12.8. The Morgan fingerprint density at radius 1 is 0.737 bits per heavy atom. The molecule has 38 heavy (non-hydrogen) atoms. The highest BCUT2D eigenvalue weighted by molar-refractivity contribution is 5.82. The second-order valence-electron chi connectivity index (χ2n) is 9.29. The first kappa shape index (κ1) is 33.9. The lowest BCUT2D eigenvalue weighted by molar-refractivity contribution is -0.277. The van der Waals surface area contributed by atoms with Gasteiger partial charge in [0.2, 0.25) is 0 Å². The molecule has 0 spiro atoms. The number of aliphatic hydroxyl groups is 2. The van der Waals surface area contributed by atoms with Crippen LogP contribution >= 0.6 is 0 Å². The number of esters is 2. The molecule has 0 unspecified atom stereocenters. The Labute approximate surface area is 219 Å². The number of hydrogen-bond donors (Lipinski definition) is 2. The highest BCUT2D eigenvalue weighted by atomic mass is 19.4. The van der Waals surface area contributed by atoms with Gasteiger partial charge in [0.15, 0.2) is 0 Å². The number of hydrogen-bond acceptors (Lipinski definition) is 6. The van der Waals surface area contributed by atoms with Gasteiger partial charge in [-0.25, -0.2) is 9.59 Å². The van der Waals surface area contributed by atoms with Crippen LogP contribution in [-0.4, -0.2) is 58.9 Å². The average Bonchev–Trinajstić information content (AvgIpc) is 2.86. The summed E-state index contributed by atoms with van der Waals surface area (Å²) < 4.78 is 88.1. The van der Waals surface area contributed by atoms with E-state index in [9.17, 15) is 46.1 Å². The van der Waals surface area contributed by atoms with Crippen molar-refractivity contribution in [1.29, 1.82) is 0 Å². The second-order valence-corrected chi connectivity index (χ2v) is 9.29. The third-order valence-corrected chi connectivity index (χ3v) is 7.10. The van der Waals surface area contributed by atoms with Crippen molar-refractivity contribution < 1.29 is 55.6 Å². The lowest BCUT2D eigenvalue weighted by Gasteiger charge is -2.38. The number of carbonyl (C=O) groups excluding carboxylic acids is 2. The van der Waals surface area contributed by atoms with Crippen LogP contribution in [0, 0.1) is 11.8 Å². The Balaban J connectivity index is 0.000000380. The fourth-order valence-corrected chi connectivity index (χ4v) is 5.11. The zero-order valence-corrected chi connectivity index (χ0v) is 22.2. The molecule has 2 N–H and O–H groups in total. The van der Waals surface area contributed by atoms with E-state index in [1.807, 2.05) is 0 Å². The van der Waals surface area contributed by atoms with E-state index in [0.717, 1.165) is 12.8 Å². The molecular weight excluding hydrogens is 522 g/mol. The normalized spacial score (nSPS) is 26.0. The molecule has 2 aliphatic carbocycles. The molecule has 2 rings (SSSR count). The molecule has 0 aromatic rings. The monoisotopic (exact) mass is 560 g/mol. The van der Waals surface area contributed by atoms with Crippen LogP contribution < -0.4 is 0 Å². The maximum atomic E-state index is 13.2. The maximum Gasteiger partial charge on any atom is 0.428 e. The zero-order chi connectivity index (χ0) is 29.4. The van der Waals surface area contributed by atoms with Crippen LogP contribution in [0.3, 0.4) is 0 Å². The summed E-state index contributed by atoms with van der Waals surface area (Å²) in [6, 6.07) is 0. The molecule has 0 saturated heterocycles. The van der Waals surface area contributed by atoms with Gasteiger partial charge in [-0.15, -0.1) is 0 Å². The van der Waals surface area contributed by atoms with Crippen LogP contribution in [0.15, 0.2) is 23.3 Å². The second kappa shape index (κ2) is 13.8.